The van der Waals surface area contributed by atoms with Gasteiger partial charge >= 0.3 is 17.8 Å². The second-order valence-electron chi connectivity index (χ2n) is 9.06. The molecule has 2 fully saturated rings. The summed E-state index contributed by atoms with van der Waals surface area (Å²) in [6.45, 7) is 3.00. The monoisotopic (exact) mass is 460 g/mol. The number of hydrogen-bond donors (Lipinski definition) is 1. The summed E-state index contributed by atoms with van der Waals surface area (Å²) in [7, 11) is 0. The van der Waals surface area contributed by atoms with Gasteiger partial charge in [-0.05, 0) is 24.8 Å². The molecule has 5 heterocycles. The SMILES string of the molecule is O=C(c1nnc(N2CCOCC2)o1)N1CCc2[nH]cnc2[C@H]1c1oc2ccccc2c1C1CC1. The van der Waals surface area contributed by atoms with Crippen molar-refractivity contribution in [3.05, 3.63) is 59.2 Å². The number of ether oxygens (including phenoxy) is 1. The summed E-state index contributed by atoms with van der Waals surface area (Å²) in [5.41, 5.74) is 3.86. The van der Waals surface area contributed by atoms with E-state index in [1.54, 1.807) is 11.2 Å². The number of H-pyrrole nitrogens is 1. The molecule has 1 aliphatic carbocycles. The van der Waals surface area contributed by atoms with Crippen molar-refractivity contribution in [2.24, 2.45) is 0 Å². The molecule has 174 valence electrons. The minimum atomic E-state index is -0.454. The van der Waals surface area contributed by atoms with E-state index < -0.39 is 6.04 Å². The van der Waals surface area contributed by atoms with Gasteiger partial charge in [0.15, 0.2) is 0 Å². The van der Waals surface area contributed by atoms with Crippen molar-refractivity contribution in [3.63, 3.8) is 0 Å². The molecule has 1 amide bonds. The molecular weight excluding hydrogens is 436 g/mol. The number of amides is 1. The second-order valence-corrected chi connectivity index (χ2v) is 9.06. The number of nitrogens with one attached hydrogen (secondary N) is 1. The van der Waals surface area contributed by atoms with Gasteiger partial charge in [-0.1, -0.05) is 23.3 Å². The Morgan fingerprint density at radius 2 is 1.91 bits per heavy atom. The summed E-state index contributed by atoms with van der Waals surface area (Å²) < 4.78 is 17.7. The number of fused-ring (bicyclic) bond motifs is 2. The van der Waals surface area contributed by atoms with Gasteiger partial charge in [-0.3, -0.25) is 4.79 Å². The van der Waals surface area contributed by atoms with Gasteiger partial charge in [-0.15, -0.1) is 5.10 Å². The first kappa shape index (κ1) is 19.8. The summed E-state index contributed by atoms with van der Waals surface area (Å²) in [5, 5.41) is 9.35. The highest BCUT2D eigenvalue weighted by atomic mass is 16.5. The zero-order valence-corrected chi connectivity index (χ0v) is 18.6. The van der Waals surface area contributed by atoms with E-state index in [0.717, 1.165) is 41.0 Å². The number of anilines is 1. The summed E-state index contributed by atoms with van der Waals surface area (Å²) in [6, 6.07) is 7.98. The van der Waals surface area contributed by atoms with E-state index in [1.807, 2.05) is 23.1 Å². The van der Waals surface area contributed by atoms with Gasteiger partial charge in [0.25, 0.3) is 0 Å². The van der Waals surface area contributed by atoms with Gasteiger partial charge in [0.2, 0.25) is 0 Å². The van der Waals surface area contributed by atoms with E-state index in [4.69, 9.17) is 13.6 Å². The average molecular weight is 460 g/mol. The van der Waals surface area contributed by atoms with Gasteiger partial charge in [-0.25, -0.2) is 4.98 Å². The van der Waals surface area contributed by atoms with E-state index in [0.29, 0.717) is 51.2 Å². The molecule has 10 nitrogen and oxygen atoms in total. The molecular formula is C24H24N6O4. The van der Waals surface area contributed by atoms with E-state index in [2.05, 4.69) is 26.2 Å². The molecule has 1 aromatic carbocycles. The minimum Gasteiger partial charge on any atom is -0.458 e. The quantitative estimate of drug-likeness (QED) is 0.494. The number of aromatic nitrogens is 4. The standard InChI is InChI=1S/C24H24N6O4/c31-23(22-27-28-24(34-22)29-9-11-32-12-10-29)30-8-7-16-19(26-13-25-16)20(30)21-18(14-5-6-14)15-3-1-2-4-17(15)33-21/h1-4,13-14,20H,5-12H2,(H,25,26)/t20-/m0/s1. The van der Waals surface area contributed by atoms with Crippen LogP contribution in [0, 0.1) is 0 Å². The molecule has 0 radical (unpaired) electrons. The van der Waals surface area contributed by atoms with Crippen LogP contribution in [0.2, 0.25) is 0 Å². The van der Waals surface area contributed by atoms with Gasteiger partial charge < -0.3 is 28.4 Å². The Morgan fingerprint density at radius 3 is 2.76 bits per heavy atom. The van der Waals surface area contributed by atoms with Crippen LogP contribution in [0.3, 0.4) is 0 Å². The number of aromatic amines is 1. The second kappa shape index (κ2) is 7.69. The van der Waals surface area contributed by atoms with E-state index in [1.165, 1.54) is 5.56 Å². The van der Waals surface area contributed by atoms with Crippen molar-refractivity contribution in [2.75, 3.05) is 37.7 Å². The molecule has 0 bridgehead atoms. The predicted molar refractivity (Wildman–Crippen MR) is 121 cm³/mol. The summed E-state index contributed by atoms with van der Waals surface area (Å²) in [6.07, 6.45) is 4.60. The fraction of sp³-hybridized carbons (Fsp3) is 0.417. The molecule has 3 aromatic heterocycles. The summed E-state index contributed by atoms with van der Waals surface area (Å²) >= 11 is 0. The highest BCUT2D eigenvalue weighted by molar-refractivity contribution is 5.91. The number of benzene rings is 1. The van der Waals surface area contributed by atoms with Gasteiger partial charge in [0.1, 0.15) is 17.4 Å². The Balaban J connectivity index is 1.30. The molecule has 1 saturated carbocycles. The van der Waals surface area contributed by atoms with Crippen LogP contribution in [0.25, 0.3) is 11.0 Å². The van der Waals surface area contributed by atoms with Crippen LogP contribution in [0.1, 0.15) is 58.2 Å². The van der Waals surface area contributed by atoms with Gasteiger partial charge in [0, 0.05) is 42.7 Å². The number of carbonyl (C=O) groups is 1. The van der Waals surface area contributed by atoms with Crippen molar-refractivity contribution in [3.8, 4) is 0 Å². The number of nitrogens with zero attached hydrogens (tertiary/aromatic N) is 5. The van der Waals surface area contributed by atoms with Crippen molar-refractivity contribution < 1.29 is 18.4 Å². The van der Waals surface area contributed by atoms with E-state index >= 15 is 0 Å². The maximum Gasteiger partial charge on any atom is 0.318 e. The van der Waals surface area contributed by atoms with Gasteiger partial charge in [0.05, 0.1) is 25.2 Å². The fourth-order valence-electron chi connectivity index (χ4n) is 5.15. The fourth-order valence-corrected chi connectivity index (χ4v) is 5.15. The van der Waals surface area contributed by atoms with Crippen LogP contribution in [0.5, 0.6) is 0 Å². The molecule has 4 aromatic rings. The first-order chi connectivity index (χ1) is 16.8. The number of hydrogen-bond acceptors (Lipinski definition) is 8. The lowest BCUT2D eigenvalue weighted by Gasteiger charge is -2.33. The number of para-hydroxylation sites is 1. The van der Waals surface area contributed by atoms with Crippen LogP contribution in [0.4, 0.5) is 6.01 Å². The van der Waals surface area contributed by atoms with Crippen LogP contribution in [0.15, 0.2) is 39.4 Å². The Labute approximate surface area is 194 Å². The molecule has 1 saturated heterocycles. The minimum absolute atomic E-state index is 0.0189. The van der Waals surface area contributed by atoms with Crippen molar-refractivity contribution >= 4 is 22.9 Å². The topological polar surface area (TPSA) is 114 Å². The normalized spacial score (nSPS) is 20.6. The summed E-state index contributed by atoms with van der Waals surface area (Å²) in [5.74, 6) is 0.900. The highest BCUT2D eigenvalue weighted by Crippen LogP contribution is 2.50. The summed E-state index contributed by atoms with van der Waals surface area (Å²) in [4.78, 5) is 25.3. The molecule has 3 aliphatic rings. The van der Waals surface area contributed by atoms with E-state index in [-0.39, 0.29) is 11.8 Å². The predicted octanol–water partition coefficient (Wildman–Crippen LogP) is 3.04. The van der Waals surface area contributed by atoms with Gasteiger partial charge in [-0.2, -0.15) is 0 Å². The molecule has 1 atom stereocenters. The Bertz CT molecular complexity index is 1360. The zero-order chi connectivity index (χ0) is 22.6. The molecule has 2 aliphatic heterocycles. The third-order valence-electron chi connectivity index (χ3n) is 6.96. The molecule has 10 heteroatoms. The highest BCUT2D eigenvalue weighted by Gasteiger charge is 2.42. The van der Waals surface area contributed by atoms with Crippen LogP contribution >= 0.6 is 0 Å². The lowest BCUT2D eigenvalue weighted by atomic mass is 9.95. The number of rotatable bonds is 4. The third-order valence-corrected chi connectivity index (χ3v) is 6.96. The van der Waals surface area contributed by atoms with Crippen molar-refractivity contribution in [1.82, 2.24) is 25.1 Å². The van der Waals surface area contributed by atoms with E-state index in [9.17, 15) is 4.79 Å². The number of carbonyl (C=O) groups excluding carboxylic acids is 1. The Hall–Kier alpha value is -3.66. The Kier molecular flexibility index (Phi) is 4.48. The first-order valence-corrected chi connectivity index (χ1v) is 11.8. The lowest BCUT2D eigenvalue weighted by Crippen LogP contribution is -2.41. The molecule has 0 unspecified atom stereocenters. The maximum absolute atomic E-state index is 13.7. The number of furan rings is 1. The molecule has 34 heavy (non-hydrogen) atoms. The largest absolute Gasteiger partial charge is 0.458 e. The number of imidazole rings is 1. The molecule has 7 rings (SSSR count). The third kappa shape index (κ3) is 3.12. The molecule has 1 N–H and O–H groups in total. The number of morpholine rings is 1. The zero-order valence-electron chi connectivity index (χ0n) is 18.6. The lowest BCUT2D eigenvalue weighted by molar-refractivity contribution is 0.0630. The molecule has 0 spiro atoms. The Morgan fingerprint density at radius 1 is 1.06 bits per heavy atom. The van der Waals surface area contributed by atoms with Crippen LogP contribution < -0.4 is 4.90 Å². The van der Waals surface area contributed by atoms with Crippen molar-refractivity contribution in [1.29, 1.82) is 0 Å². The smallest absolute Gasteiger partial charge is 0.318 e. The average Bonchev–Trinajstić information content (AvgIpc) is 3.27. The van der Waals surface area contributed by atoms with Crippen molar-refractivity contribution in [2.45, 2.75) is 31.2 Å². The van der Waals surface area contributed by atoms with Crippen LogP contribution in [-0.4, -0.2) is 63.8 Å². The first-order valence-electron chi connectivity index (χ1n) is 11.8. The van der Waals surface area contributed by atoms with Crippen LogP contribution in [-0.2, 0) is 11.2 Å². The maximum atomic E-state index is 13.7.